The fourth-order valence-electron chi connectivity index (χ4n) is 10.2. The van der Waals surface area contributed by atoms with Crippen molar-refractivity contribution in [1.82, 2.24) is 5.32 Å². The number of fused-ring (bicyclic) bond motifs is 2. The molecule has 1 aromatic carbocycles. The van der Waals surface area contributed by atoms with E-state index in [0.29, 0.717) is 34.2 Å². The van der Waals surface area contributed by atoms with Crippen molar-refractivity contribution < 1.29 is 56.8 Å². The van der Waals surface area contributed by atoms with Gasteiger partial charge < -0.3 is 24.5 Å². The number of likely N-dealkylation sites (N-methyl/N-ethyl adjacent to an activating group) is 1. The third-order valence-electron chi connectivity index (χ3n) is 14.7. The highest BCUT2D eigenvalue weighted by atomic mass is 31.2. The molecule has 1 unspecified atom stereocenters. The van der Waals surface area contributed by atoms with Gasteiger partial charge in [0.1, 0.15) is 25.0 Å². The van der Waals surface area contributed by atoms with E-state index in [-0.39, 0.29) is 74.0 Å². The van der Waals surface area contributed by atoms with Crippen LogP contribution in [0.2, 0.25) is 0 Å². The minimum absolute atomic E-state index is 0.0269. The molecule has 3 rings (SSSR count). The largest absolute Gasteiger partial charge is 0.472 e. The molecule has 76 heavy (non-hydrogen) atoms. The molecule has 0 spiro atoms. The maximum atomic E-state index is 14.1. The van der Waals surface area contributed by atoms with E-state index in [1.807, 2.05) is 80.0 Å². The Morgan fingerprint density at radius 1 is 0.750 bits per heavy atom. The van der Waals surface area contributed by atoms with E-state index in [2.05, 4.69) is 17.4 Å². The maximum Gasteiger partial charge on any atom is 0.472 e. The van der Waals surface area contributed by atoms with Gasteiger partial charge in [-0.05, 0) is 80.9 Å². The lowest BCUT2D eigenvalue weighted by Crippen LogP contribution is -2.37. The molecule has 0 radical (unpaired) electrons. The molecule has 7 atom stereocenters. The number of hydrogen-bond acceptors (Lipinski definition) is 10. The van der Waals surface area contributed by atoms with Gasteiger partial charge >= 0.3 is 13.8 Å². The van der Waals surface area contributed by atoms with E-state index in [1.165, 1.54) is 95.6 Å². The highest BCUT2D eigenvalue weighted by Crippen LogP contribution is 2.43. The first-order valence-corrected chi connectivity index (χ1v) is 30.2. The predicted molar refractivity (Wildman–Crippen MR) is 304 cm³/mol. The number of unbranched alkanes of at least 4 members (excludes halogenated alkanes) is 15. The summed E-state index contributed by atoms with van der Waals surface area (Å²) in [5.41, 5.74) is 3.78. The molecule has 1 aliphatic carbocycles. The number of ether oxygens (including phenoxy) is 1. The summed E-state index contributed by atoms with van der Waals surface area (Å²) >= 11 is 0. The number of quaternary nitrogens is 1. The van der Waals surface area contributed by atoms with Gasteiger partial charge in [-0.3, -0.25) is 33.0 Å². The number of ketones is 3. The number of aliphatic hydroxyl groups excluding tert-OH is 1. The molecule has 0 saturated carbocycles. The van der Waals surface area contributed by atoms with Crippen LogP contribution >= 0.6 is 7.82 Å². The van der Waals surface area contributed by atoms with Crippen LogP contribution in [0.25, 0.3) is 0 Å². The summed E-state index contributed by atoms with van der Waals surface area (Å²) in [5.74, 6) is -2.64. The zero-order valence-electron chi connectivity index (χ0n) is 48.3. The summed E-state index contributed by atoms with van der Waals surface area (Å²) in [5, 5.41) is 14.1. The zero-order chi connectivity index (χ0) is 56.3. The maximum absolute atomic E-state index is 14.1. The molecule has 14 heteroatoms. The van der Waals surface area contributed by atoms with Crippen LogP contribution < -0.4 is 5.32 Å². The molecule has 1 aromatic rings. The topological polar surface area (TPSA) is 183 Å². The molecule has 0 aromatic heterocycles. The van der Waals surface area contributed by atoms with Gasteiger partial charge in [-0.2, -0.15) is 0 Å². The van der Waals surface area contributed by atoms with E-state index < -0.39 is 43.5 Å². The highest BCUT2D eigenvalue weighted by molar-refractivity contribution is 7.47. The first-order chi connectivity index (χ1) is 36.0. The van der Waals surface area contributed by atoms with Crippen molar-refractivity contribution in [2.24, 2.45) is 23.7 Å². The fraction of sp³-hybridized carbons (Fsp3) is 0.661. The van der Waals surface area contributed by atoms with Crippen molar-refractivity contribution >= 4 is 37.0 Å². The number of carbonyl (C=O) groups excluding carboxylic acids is 5. The van der Waals surface area contributed by atoms with E-state index in [9.17, 15) is 38.5 Å². The van der Waals surface area contributed by atoms with Gasteiger partial charge in [-0.25, -0.2) is 4.57 Å². The number of nitrogens with one attached hydrogen (secondary N) is 1. The van der Waals surface area contributed by atoms with Crippen molar-refractivity contribution in [3.8, 4) is 0 Å². The summed E-state index contributed by atoms with van der Waals surface area (Å²) in [7, 11) is 2.06. The molecular formula is C62H98N2O11P+. The number of allylic oxidation sites excluding steroid dienone is 5. The van der Waals surface area contributed by atoms with Crippen LogP contribution in [0.1, 0.15) is 188 Å². The van der Waals surface area contributed by atoms with E-state index in [4.69, 9.17) is 13.8 Å². The molecule has 0 saturated heterocycles. The molecule has 0 fully saturated rings. The lowest BCUT2D eigenvalue weighted by atomic mass is 9.80. The minimum atomic E-state index is -3.95. The number of nitrogens with zero attached hydrogens (tertiary/aromatic N) is 1. The number of phosphoric ester groups is 1. The molecule has 3 N–H and O–H groups in total. The van der Waals surface area contributed by atoms with Crippen LogP contribution in [-0.4, -0.2) is 96.8 Å². The third-order valence-corrected chi connectivity index (χ3v) is 15.7. The Morgan fingerprint density at radius 3 is 1.86 bits per heavy atom. The van der Waals surface area contributed by atoms with Crippen LogP contribution in [0.5, 0.6) is 0 Å². The second kappa shape index (κ2) is 34.7. The van der Waals surface area contributed by atoms with Gasteiger partial charge in [-0.15, -0.1) is 0 Å². The smallest absolute Gasteiger partial charge is 0.457 e. The van der Waals surface area contributed by atoms with Crippen molar-refractivity contribution in [3.63, 3.8) is 0 Å². The Kier molecular flexibility index (Phi) is 30.2. The van der Waals surface area contributed by atoms with Gasteiger partial charge in [0.15, 0.2) is 5.78 Å². The fourth-order valence-corrected chi connectivity index (χ4v) is 10.9. The quantitative estimate of drug-likeness (QED) is 0.0166. The van der Waals surface area contributed by atoms with Crippen molar-refractivity contribution in [2.75, 3.05) is 40.9 Å². The number of aliphatic hydroxyl groups is 1. The average Bonchev–Trinajstić information content (AvgIpc) is 3.34. The highest BCUT2D eigenvalue weighted by Gasteiger charge is 2.32. The number of rotatable bonds is 30. The van der Waals surface area contributed by atoms with E-state index in [1.54, 1.807) is 19.1 Å². The molecule has 2 aliphatic rings. The van der Waals surface area contributed by atoms with Crippen LogP contribution in [0, 0.1) is 23.7 Å². The number of amides is 1. The molecule has 2 bridgehead atoms. The standard InChI is InChI=1S/C62H97N2O11P/c1-45-40-48(4)59(68)49(5)42-50(6)61(75-51(7)65)46(2)28-27-29-47(3)62(70)63-57-44-58(67)55(56(41-45)60(57)69)36-35-54(66)43-53-33-31-52(32-34-53)30-25-23-21-19-17-15-13-11-12-14-16-18-20-22-24-26-38-73-76(71,72)74-39-37-64(8,9)10/h27-29,31-34,42,44-46,48-49,59,61,68H,11-26,30,35-41,43H2,1-10H3,(H-,63,67,70,71,72)/p+1/b28-27-,47-29+,50-42+/t45-,46-,48-,49-,59-,61+/m0/s1. The second-order valence-electron chi connectivity index (χ2n) is 23.2. The summed E-state index contributed by atoms with van der Waals surface area (Å²) < 4.78 is 28.5. The molecular weight excluding hydrogens is 980 g/mol. The molecule has 1 amide bonds. The van der Waals surface area contributed by atoms with Gasteiger partial charge in [0.05, 0.1) is 39.6 Å². The van der Waals surface area contributed by atoms with E-state index >= 15 is 0 Å². The summed E-state index contributed by atoms with van der Waals surface area (Å²) in [4.78, 5) is 76.6. The lowest BCUT2D eigenvalue weighted by Gasteiger charge is -2.28. The van der Waals surface area contributed by atoms with Gasteiger partial charge in [0, 0.05) is 54.4 Å². The first-order valence-electron chi connectivity index (χ1n) is 28.7. The zero-order valence-corrected chi connectivity index (χ0v) is 49.2. The van der Waals surface area contributed by atoms with Crippen molar-refractivity contribution in [1.29, 1.82) is 0 Å². The number of esters is 1. The average molecular weight is 1080 g/mol. The Hall–Kier alpha value is -4.10. The summed E-state index contributed by atoms with van der Waals surface area (Å²) in [6, 6.07) is 8.24. The Balaban J connectivity index is 1.39. The number of aryl methyl sites for hydroxylation is 1. The summed E-state index contributed by atoms with van der Waals surface area (Å²) in [6.07, 6.45) is 28.4. The second-order valence-corrected chi connectivity index (χ2v) is 24.6. The van der Waals surface area contributed by atoms with Crippen molar-refractivity contribution in [3.05, 3.63) is 93.8 Å². The van der Waals surface area contributed by atoms with Crippen LogP contribution in [0.15, 0.2) is 82.6 Å². The van der Waals surface area contributed by atoms with Crippen LogP contribution in [0.3, 0.4) is 0 Å². The Labute approximate surface area is 457 Å². The number of hydrogen-bond donors (Lipinski definition) is 3. The molecule has 1 aliphatic heterocycles. The SMILES string of the molecule is CC(=O)O[C@H]1/C(C)=C/[C@H](C)[C@@H](O)[C@@H](C)C[C@H](C)CC2=C(CCC(=O)Cc3ccc(CCCCCCCCCCCCCCCCCCOP(=O)(O)OCC[N+](C)(C)C)cc3)C(=O)C=C(NC(=O)/C(C)=C/C=C\[C@@H]1C)C2=O. The number of phosphoric acid groups is 1. The number of Topliss-reactive ketones (excluding diaryl/α,β-unsaturated/α-hetero) is 2. The predicted octanol–water partition coefficient (Wildman–Crippen LogP) is 12.7. The molecule has 426 valence electrons. The normalized spacial score (nSPS) is 23.9. The van der Waals surface area contributed by atoms with Gasteiger partial charge in [-0.1, -0.05) is 166 Å². The number of carbonyl (C=O) groups is 5. The number of benzene rings is 1. The third kappa shape index (κ3) is 26.5. The Bertz CT molecular complexity index is 2220. The lowest BCUT2D eigenvalue weighted by molar-refractivity contribution is -0.870. The van der Waals surface area contributed by atoms with Crippen LogP contribution in [0.4, 0.5) is 0 Å². The monoisotopic (exact) mass is 1080 g/mol. The van der Waals surface area contributed by atoms with E-state index in [0.717, 1.165) is 43.2 Å². The summed E-state index contributed by atoms with van der Waals surface area (Å²) in [6.45, 7) is 13.7. The van der Waals surface area contributed by atoms with Crippen LogP contribution in [-0.2, 0) is 55.2 Å². The minimum Gasteiger partial charge on any atom is -0.457 e. The van der Waals surface area contributed by atoms with Gasteiger partial charge in [0.2, 0.25) is 5.78 Å². The first kappa shape index (κ1) is 66.2. The Morgan fingerprint density at radius 2 is 1.29 bits per heavy atom. The van der Waals surface area contributed by atoms with Crippen molar-refractivity contribution in [2.45, 2.75) is 202 Å². The molecule has 13 nitrogen and oxygen atoms in total. The molecule has 1 heterocycles. The van der Waals surface area contributed by atoms with Gasteiger partial charge in [0.25, 0.3) is 5.91 Å².